The molecule has 3 heteroatoms. The van der Waals surface area contributed by atoms with Gasteiger partial charge in [0.05, 0.1) is 5.02 Å². The molecule has 16 heavy (non-hydrogen) atoms. The molecule has 80 valence electrons. The Morgan fingerprint density at radius 2 is 1.56 bits per heavy atom. The van der Waals surface area contributed by atoms with E-state index >= 15 is 0 Å². The summed E-state index contributed by atoms with van der Waals surface area (Å²) in [4.78, 5) is 10.8. The summed E-state index contributed by atoms with van der Waals surface area (Å²) >= 11 is 12.2. The van der Waals surface area contributed by atoms with Crippen LogP contribution in [0.5, 0.6) is 0 Å². The Balaban J connectivity index is 2.65. The molecule has 0 heterocycles. The summed E-state index contributed by atoms with van der Waals surface area (Å²) in [7, 11) is 0. The van der Waals surface area contributed by atoms with E-state index in [1.165, 1.54) is 0 Å². The Morgan fingerprint density at radius 3 is 2.25 bits per heavy atom. The van der Waals surface area contributed by atoms with Crippen molar-refractivity contribution in [2.75, 3.05) is 0 Å². The fourth-order valence-corrected chi connectivity index (χ4v) is 2.04. The van der Waals surface area contributed by atoms with Gasteiger partial charge in [0, 0.05) is 21.7 Å². The molecule has 0 spiro atoms. The molecule has 0 aromatic heterocycles. The monoisotopic (exact) mass is 250 g/mol. The second-order valence-electron chi connectivity index (χ2n) is 3.31. The minimum Gasteiger partial charge on any atom is -0.298 e. The van der Waals surface area contributed by atoms with Crippen molar-refractivity contribution in [2.24, 2.45) is 0 Å². The smallest absolute Gasteiger partial charge is 0.151 e. The van der Waals surface area contributed by atoms with E-state index in [0.717, 1.165) is 17.4 Å². The average molecular weight is 251 g/mol. The highest BCUT2D eigenvalue weighted by molar-refractivity contribution is 6.37. The van der Waals surface area contributed by atoms with Gasteiger partial charge in [-0.15, -0.1) is 0 Å². The Morgan fingerprint density at radius 1 is 0.875 bits per heavy atom. The number of rotatable bonds is 2. The molecular formula is C13H8Cl2O. The van der Waals surface area contributed by atoms with Crippen LogP contribution in [0.3, 0.4) is 0 Å². The van der Waals surface area contributed by atoms with Crippen LogP contribution in [0.25, 0.3) is 11.1 Å². The Kier molecular flexibility index (Phi) is 3.28. The zero-order valence-corrected chi connectivity index (χ0v) is 9.79. The maximum Gasteiger partial charge on any atom is 0.151 e. The van der Waals surface area contributed by atoms with Gasteiger partial charge in [0.1, 0.15) is 0 Å². The molecular weight excluding hydrogens is 243 g/mol. The summed E-state index contributed by atoms with van der Waals surface area (Å²) in [5, 5.41) is 1.05. The van der Waals surface area contributed by atoms with Crippen LogP contribution in [-0.2, 0) is 0 Å². The summed E-state index contributed by atoms with van der Waals surface area (Å²) < 4.78 is 0. The van der Waals surface area contributed by atoms with Gasteiger partial charge in [-0.05, 0) is 6.07 Å². The van der Waals surface area contributed by atoms with Gasteiger partial charge in [0.15, 0.2) is 6.29 Å². The summed E-state index contributed by atoms with van der Waals surface area (Å²) in [6.45, 7) is 0. The predicted octanol–water partition coefficient (Wildman–Crippen LogP) is 4.47. The molecule has 0 unspecified atom stereocenters. The molecule has 1 nitrogen and oxygen atoms in total. The minimum absolute atomic E-state index is 0.436. The lowest BCUT2D eigenvalue weighted by molar-refractivity contribution is 0.112. The fourth-order valence-electron chi connectivity index (χ4n) is 1.53. The van der Waals surface area contributed by atoms with E-state index < -0.39 is 0 Å². The number of hydrogen-bond donors (Lipinski definition) is 0. The number of aldehydes is 1. The zero-order chi connectivity index (χ0) is 11.5. The summed E-state index contributed by atoms with van der Waals surface area (Å²) in [6.07, 6.45) is 0.739. The number of carbonyl (C=O) groups is 1. The van der Waals surface area contributed by atoms with Crippen LogP contribution in [0, 0.1) is 0 Å². The molecule has 0 aliphatic carbocycles. The van der Waals surface area contributed by atoms with E-state index in [1.54, 1.807) is 18.2 Å². The second-order valence-corrected chi connectivity index (χ2v) is 4.09. The first-order chi connectivity index (χ1) is 7.74. The molecule has 0 saturated carbocycles. The number of halogens is 2. The highest BCUT2D eigenvalue weighted by Crippen LogP contribution is 2.34. The highest BCUT2D eigenvalue weighted by atomic mass is 35.5. The SMILES string of the molecule is O=Cc1cccc(-c2ccccc2Cl)c1Cl. The largest absolute Gasteiger partial charge is 0.298 e. The average Bonchev–Trinajstić information content (AvgIpc) is 2.31. The van der Waals surface area contributed by atoms with Crippen molar-refractivity contribution in [3.05, 3.63) is 58.1 Å². The van der Waals surface area contributed by atoms with Gasteiger partial charge in [-0.1, -0.05) is 59.6 Å². The van der Waals surface area contributed by atoms with Crippen LogP contribution in [0.4, 0.5) is 0 Å². The standard InChI is InChI=1S/C13H8Cl2O/c14-12-7-2-1-5-10(12)11-6-3-4-9(8-16)13(11)15/h1-8H. The van der Waals surface area contributed by atoms with Crippen LogP contribution in [0.15, 0.2) is 42.5 Å². The molecule has 0 aliphatic heterocycles. The third-order valence-corrected chi connectivity index (χ3v) is 3.07. The number of benzene rings is 2. The molecule has 2 aromatic carbocycles. The molecule has 2 aromatic rings. The van der Waals surface area contributed by atoms with Crippen molar-refractivity contribution in [2.45, 2.75) is 0 Å². The lowest BCUT2D eigenvalue weighted by Crippen LogP contribution is -1.86. The van der Waals surface area contributed by atoms with Crippen LogP contribution < -0.4 is 0 Å². The molecule has 2 rings (SSSR count). The predicted molar refractivity (Wildman–Crippen MR) is 67.3 cm³/mol. The zero-order valence-electron chi connectivity index (χ0n) is 8.28. The lowest BCUT2D eigenvalue weighted by atomic mass is 10.0. The van der Waals surface area contributed by atoms with Gasteiger partial charge in [0.25, 0.3) is 0 Å². The van der Waals surface area contributed by atoms with Gasteiger partial charge in [0.2, 0.25) is 0 Å². The third-order valence-electron chi connectivity index (χ3n) is 2.32. The summed E-state index contributed by atoms with van der Waals surface area (Å²) in [5.74, 6) is 0. The number of hydrogen-bond acceptors (Lipinski definition) is 1. The van der Waals surface area contributed by atoms with Gasteiger partial charge in [-0.3, -0.25) is 4.79 Å². The Bertz CT molecular complexity index is 535. The topological polar surface area (TPSA) is 17.1 Å². The maximum absolute atomic E-state index is 10.8. The van der Waals surface area contributed by atoms with Gasteiger partial charge in [-0.25, -0.2) is 0 Å². The summed E-state index contributed by atoms with van der Waals surface area (Å²) in [5.41, 5.74) is 2.08. The van der Waals surface area contributed by atoms with E-state index in [-0.39, 0.29) is 0 Å². The molecule has 0 radical (unpaired) electrons. The van der Waals surface area contributed by atoms with E-state index in [1.807, 2.05) is 24.3 Å². The normalized spacial score (nSPS) is 10.1. The molecule has 0 N–H and O–H groups in total. The van der Waals surface area contributed by atoms with Crippen LogP contribution >= 0.6 is 23.2 Å². The van der Waals surface area contributed by atoms with Crippen LogP contribution in [-0.4, -0.2) is 6.29 Å². The quantitative estimate of drug-likeness (QED) is 0.719. The van der Waals surface area contributed by atoms with Crippen molar-refractivity contribution in [3.63, 3.8) is 0 Å². The van der Waals surface area contributed by atoms with Crippen LogP contribution in [0.1, 0.15) is 10.4 Å². The van der Waals surface area contributed by atoms with Crippen molar-refractivity contribution >= 4 is 29.5 Å². The van der Waals surface area contributed by atoms with Crippen molar-refractivity contribution in [1.82, 2.24) is 0 Å². The Labute approximate surface area is 104 Å². The first-order valence-electron chi connectivity index (χ1n) is 4.72. The number of carbonyl (C=O) groups excluding carboxylic acids is 1. The lowest BCUT2D eigenvalue weighted by Gasteiger charge is -2.07. The molecule has 0 amide bonds. The molecule has 0 bridgehead atoms. The van der Waals surface area contributed by atoms with E-state index in [9.17, 15) is 4.79 Å². The first-order valence-corrected chi connectivity index (χ1v) is 5.48. The van der Waals surface area contributed by atoms with Crippen molar-refractivity contribution < 1.29 is 4.79 Å². The molecule has 0 fully saturated rings. The van der Waals surface area contributed by atoms with E-state index in [0.29, 0.717) is 15.6 Å². The van der Waals surface area contributed by atoms with Gasteiger partial charge in [-0.2, -0.15) is 0 Å². The van der Waals surface area contributed by atoms with Gasteiger partial charge >= 0.3 is 0 Å². The van der Waals surface area contributed by atoms with E-state index in [4.69, 9.17) is 23.2 Å². The van der Waals surface area contributed by atoms with Crippen LogP contribution in [0.2, 0.25) is 10.0 Å². The maximum atomic E-state index is 10.8. The third kappa shape index (κ3) is 1.97. The summed E-state index contributed by atoms with van der Waals surface area (Å²) in [6, 6.07) is 12.7. The van der Waals surface area contributed by atoms with Crippen molar-refractivity contribution in [3.8, 4) is 11.1 Å². The molecule has 0 saturated heterocycles. The first kappa shape index (κ1) is 11.2. The highest BCUT2D eigenvalue weighted by Gasteiger charge is 2.09. The van der Waals surface area contributed by atoms with Gasteiger partial charge < -0.3 is 0 Å². The minimum atomic E-state index is 0.436. The fraction of sp³-hybridized carbons (Fsp3) is 0. The van der Waals surface area contributed by atoms with Crippen molar-refractivity contribution in [1.29, 1.82) is 0 Å². The van der Waals surface area contributed by atoms with E-state index in [2.05, 4.69) is 0 Å². The molecule has 0 atom stereocenters. The Hall–Kier alpha value is -1.31. The molecule has 0 aliphatic rings. The second kappa shape index (κ2) is 4.69.